The molecule has 0 saturated carbocycles. The maximum Gasteiger partial charge on any atom is 0.226 e. The monoisotopic (exact) mass is 689 g/mol. The van der Waals surface area contributed by atoms with Crippen LogP contribution in [0.5, 0.6) is 0 Å². The van der Waals surface area contributed by atoms with E-state index in [9.17, 15) is 4.79 Å². The highest BCUT2D eigenvalue weighted by Gasteiger charge is 2.30. The molecule has 1 aliphatic rings. The second-order valence-corrected chi connectivity index (χ2v) is 16.0. The summed E-state index contributed by atoms with van der Waals surface area (Å²) in [6.07, 6.45) is 53.5. The predicted molar refractivity (Wildman–Crippen MR) is 218 cm³/mol. The van der Waals surface area contributed by atoms with Gasteiger partial charge in [-0.25, -0.2) is 9.89 Å². The van der Waals surface area contributed by atoms with Crippen molar-refractivity contribution in [2.75, 3.05) is 6.54 Å². The lowest BCUT2D eigenvalue weighted by Gasteiger charge is -2.17. The van der Waals surface area contributed by atoms with Crippen molar-refractivity contribution in [1.82, 2.24) is 10.6 Å². The summed E-state index contributed by atoms with van der Waals surface area (Å²) in [6, 6.07) is 0. The van der Waals surface area contributed by atoms with Gasteiger partial charge in [-0.2, -0.15) is 0 Å². The Labute approximate surface area is 308 Å². The molecule has 0 aromatic heterocycles. The lowest BCUT2D eigenvalue weighted by molar-refractivity contribution is -0.595. The van der Waals surface area contributed by atoms with Crippen LogP contribution >= 0.6 is 0 Å². The van der Waals surface area contributed by atoms with Crippen molar-refractivity contribution >= 4 is 12.1 Å². The summed E-state index contributed by atoms with van der Waals surface area (Å²) < 4.78 is 2.36. The van der Waals surface area contributed by atoms with Gasteiger partial charge in [0.05, 0.1) is 6.54 Å². The molecule has 0 radical (unpaired) electrons. The number of nitrogens with one attached hydrogen (secondary N) is 2. The summed E-state index contributed by atoms with van der Waals surface area (Å²) >= 11 is 0. The highest BCUT2D eigenvalue weighted by Crippen LogP contribution is 2.17. The van der Waals surface area contributed by atoms with Crippen molar-refractivity contribution in [3.8, 4) is 0 Å². The van der Waals surface area contributed by atoms with Crippen molar-refractivity contribution in [3.05, 3.63) is 0 Å². The number of hydrogen-bond donors (Lipinski definition) is 2. The third-order valence-electron chi connectivity index (χ3n) is 11.2. The molecule has 0 bridgehead atoms. The van der Waals surface area contributed by atoms with Crippen molar-refractivity contribution in [3.63, 3.8) is 0 Å². The minimum absolute atomic E-state index is 0.0776. The summed E-state index contributed by atoms with van der Waals surface area (Å²) in [5, 5.41) is 6.92. The van der Waals surface area contributed by atoms with Crippen LogP contribution in [0, 0.1) is 0 Å². The Morgan fingerprint density at radius 1 is 0.531 bits per heavy atom. The van der Waals surface area contributed by atoms with Gasteiger partial charge in [0.15, 0.2) is 6.21 Å². The lowest BCUT2D eigenvalue weighted by atomic mass is 10.0. The number of hydrogen-bond acceptors (Lipinski definition) is 2. The number of nitrogens with zero attached hydrogens (tertiary/aromatic N) is 1. The molecule has 0 aromatic carbocycles. The maximum absolute atomic E-state index is 12.6. The van der Waals surface area contributed by atoms with E-state index in [1.165, 1.54) is 225 Å². The van der Waals surface area contributed by atoms with Gasteiger partial charge >= 0.3 is 0 Å². The molecule has 0 fully saturated rings. The van der Waals surface area contributed by atoms with E-state index < -0.39 is 0 Å². The van der Waals surface area contributed by atoms with Gasteiger partial charge in [-0.05, 0) is 12.8 Å². The second kappa shape index (κ2) is 36.9. The van der Waals surface area contributed by atoms with Crippen LogP contribution in [0.15, 0.2) is 0 Å². The molecule has 4 heteroatoms. The summed E-state index contributed by atoms with van der Waals surface area (Å²) in [5.41, 5.74) is 0. The third kappa shape index (κ3) is 30.4. The molecule has 2 unspecified atom stereocenters. The standard InChI is InChI=1S/C45H89N3O/c1-4-6-8-10-12-14-16-18-20-22-24-26-28-30-32-34-36-38-40-45(49)47-43(3)48-42-41-46-44(48)39-37-35-33-31-29-27-25-23-21-19-17-15-13-11-9-7-5-2/h42-44,46H,4-41H2,1-3H3/p+1. The first-order valence-corrected chi connectivity index (χ1v) is 22.8. The fourth-order valence-corrected chi connectivity index (χ4v) is 7.84. The molecule has 0 spiro atoms. The molecule has 1 heterocycles. The van der Waals surface area contributed by atoms with Crippen molar-refractivity contribution < 1.29 is 9.37 Å². The van der Waals surface area contributed by atoms with E-state index in [-0.39, 0.29) is 12.1 Å². The van der Waals surface area contributed by atoms with E-state index in [0.29, 0.717) is 12.6 Å². The van der Waals surface area contributed by atoms with Gasteiger partial charge in [-0.1, -0.05) is 226 Å². The van der Waals surface area contributed by atoms with Gasteiger partial charge in [0, 0.05) is 19.8 Å². The Hall–Kier alpha value is -0.900. The molecular formula is C45H90N3O+. The van der Waals surface area contributed by atoms with Gasteiger partial charge in [0.2, 0.25) is 18.2 Å². The first-order valence-electron chi connectivity index (χ1n) is 22.8. The zero-order valence-electron chi connectivity index (χ0n) is 34.0. The summed E-state index contributed by atoms with van der Waals surface area (Å²) in [4.78, 5) is 12.6. The minimum atomic E-state index is 0.0776. The normalized spacial score (nSPS) is 15.2. The van der Waals surface area contributed by atoms with Crippen LogP contribution in [0.3, 0.4) is 0 Å². The first kappa shape index (κ1) is 46.1. The lowest BCUT2D eigenvalue weighted by Crippen LogP contribution is -2.46. The molecule has 1 rings (SSSR count). The van der Waals surface area contributed by atoms with E-state index in [0.717, 1.165) is 13.0 Å². The number of unbranched alkanes of at least 4 members (excludes halogenated alkanes) is 33. The average Bonchev–Trinajstić information content (AvgIpc) is 3.58. The largest absolute Gasteiger partial charge is 0.299 e. The third-order valence-corrected chi connectivity index (χ3v) is 11.2. The maximum atomic E-state index is 12.6. The van der Waals surface area contributed by atoms with Crippen molar-refractivity contribution in [2.24, 2.45) is 0 Å². The highest BCUT2D eigenvalue weighted by atomic mass is 16.1. The SMILES string of the molecule is CCCCCCCCCCCCCCCCCCCCC(=O)NC(C)[N+]1=CCNC1CCCCCCCCCCCCCCCCCCC. The van der Waals surface area contributed by atoms with Gasteiger partial charge in [0.1, 0.15) is 0 Å². The topological polar surface area (TPSA) is 44.1 Å². The van der Waals surface area contributed by atoms with Crippen LogP contribution in [-0.2, 0) is 4.79 Å². The summed E-state index contributed by atoms with van der Waals surface area (Å²) in [7, 11) is 0. The molecule has 0 aromatic rings. The molecule has 1 aliphatic heterocycles. The Morgan fingerprint density at radius 2 is 0.837 bits per heavy atom. The van der Waals surface area contributed by atoms with E-state index in [1.807, 2.05) is 0 Å². The van der Waals surface area contributed by atoms with Gasteiger partial charge < -0.3 is 0 Å². The van der Waals surface area contributed by atoms with Crippen molar-refractivity contribution in [2.45, 2.75) is 271 Å². The average molecular weight is 689 g/mol. The minimum Gasteiger partial charge on any atom is -0.299 e. The van der Waals surface area contributed by atoms with Crippen LogP contribution in [0.1, 0.15) is 258 Å². The van der Waals surface area contributed by atoms with Crippen LogP contribution < -0.4 is 10.6 Å². The zero-order valence-corrected chi connectivity index (χ0v) is 34.0. The Bertz CT molecular complexity index is 722. The summed E-state index contributed by atoms with van der Waals surface area (Å²) in [6.45, 7) is 7.67. The van der Waals surface area contributed by atoms with E-state index in [2.05, 4.69) is 42.2 Å². The number of carbonyl (C=O) groups excluding carboxylic acids is 1. The van der Waals surface area contributed by atoms with Crippen LogP contribution in [0.25, 0.3) is 0 Å². The molecule has 1 amide bonds. The van der Waals surface area contributed by atoms with Gasteiger partial charge in [0.25, 0.3) is 0 Å². The number of rotatable bonds is 39. The van der Waals surface area contributed by atoms with Gasteiger partial charge in [-0.3, -0.25) is 10.1 Å². The quantitative estimate of drug-likeness (QED) is 0.0499. The van der Waals surface area contributed by atoms with E-state index in [1.54, 1.807) is 0 Å². The zero-order chi connectivity index (χ0) is 35.3. The molecule has 290 valence electrons. The van der Waals surface area contributed by atoms with Crippen LogP contribution in [-0.4, -0.2) is 35.6 Å². The molecule has 0 saturated heterocycles. The molecular weight excluding hydrogens is 599 g/mol. The summed E-state index contributed by atoms with van der Waals surface area (Å²) in [5.74, 6) is 0.223. The van der Waals surface area contributed by atoms with Gasteiger partial charge in [-0.15, -0.1) is 0 Å². The molecule has 4 nitrogen and oxygen atoms in total. The molecule has 0 aliphatic carbocycles. The Morgan fingerprint density at radius 3 is 1.18 bits per heavy atom. The van der Waals surface area contributed by atoms with E-state index >= 15 is 0 Å². The fourth-order valence-electron chi connectivity index (χ4n) is 7.84. The first-order chi connectivity index (χ1) is 24.2. The van der Waals surface area contributed by atoms with Crippen LogP contribution in [0.4, 0.5) is 0 Å². The highest BCUT2D eigenvalue weighted by molar-refractivity contribution is 5.76. The number of amides is 1. The molecule has 49 heavy (non-hydrogen) atoms. The second-order valence-electron chi connectivity index (χ2n) is 16.0. The Balaban J connectivity index is 1.88. The molecule has 2 N–H and O–H groups in total. The predicted octanol–water partition coefficient (Wildman–Crippen LogP) is 13.9. The molecule has 2 atom stereocenters. The van der Waals surface area contributed by atoms with Crippen LogP contribution in [0.2, 0.25) is 0 Å². The fraction of sp³-hybridized carbons (Fsp3) is 0.956. The number of carbonyl (C=O) groups is 1. The smallest absolute Gasteiger partial charge is 0.226 e. The Kier molecular flexibility index (Phi) is 34.7. The van der Waals surface area contributed by atoms with E-state index in [4.69, 9.17) is 0 Å². The van der Waals surface area contributed by atoms with Crippen molar-refractivity contribution in [1.29, 1.82) is 0 Å².